The zero-order valence-electron chi connectivity index (χ0n) is 15.1. The first kappa shape index (κ1) is 18.3. The Kier molecular flexibility index (Phi) is 6.50. The maximum atomic E-state index is 12.3. The zero-order valence-corrected chi connectivity index (χ0v) is 15.1. The van der Waals surface area contributed by atoms with Gasteiger partial charge in [0.05, 0.1) is 12.6 Å². The minimum Gasteiger partial charge on any atom is -0.492 e. The number of carbonyl (C=O) groups is 1. The summed E-state index contributed by atoms with van der Waals surface area (Å²) in [6.45, 7) is 4.22. The number of nitrogens with one attached hydrogen (secondary N) is 1. The highest BCUT2D eigenvalue weighted by atomic mass is 16.5. The zero-order chi connectivity index (χ0) is 18.2. The molecule has 1 atom stereocenters. The van der Waals surface area contributed by atoms with Gasteiger partial charge in [0.1, 0.15) is 24.7 Å². The summed E-state index contributed by atoms with van der Waals surface area (Å²) in [5.41, 5.74) is 1.76. The third-order valence-corrected chi connectivity index (χ3v) is 4.23. The SMILES string of the molecule is Cc1ccc(OCCNC(=O)c2cccc(OCC3CCCO3)c2)cc1. The summed E-state index contributed by atoms with van der Waals surface area (Å²) in [7, 11) is 0. The van der Waals surface area contributed by atoms with E-state index in [9.17, 15) is 4.79 Å². The number of amides is 1. The second kappa shape index (κ2) is 9.25. The molecule has 0 spiro atoms. The molecule has 0 saturated carbocycles. The number of hydrogen-bond acceptors (Lipinski definition) is 4. The molecule has 26 heavy (non-hydrogen) atoms. The number of carbonyl (C=O) groups excluding carboxylic acids is 1. The van der Waals surface area contributed by atoms with Gasteiger partial charge in [-0.2, -0.15) is 0 Å². The summed E-state index contributed by atoms with van der Waals surface area (Å²) in [4.78, 5) is 12.3. The van der Waals surface area contributed by atoms with Crippen LogP contribution in [0.4, 0.5) is 0 Å². The second-order valence-electron chi connectivity index (χ2n) is 6.39. The Labute approximate surface area is 154 Å². The van der Waals surface area contributed by atoms with Crippen LogP contribution in [0.2, 0.25) is 0 Å². The van der Waals surface area contributed by atoms with Crippen molar-refractivity contribution in [2.75, 3.05) is 26.4 Å². The van der Waals surface area contributed by atoms with E-state index < -0.39 is 0 Å². The van der Waals surface area contributed by atoms with Gasteiger partial charge < -0.3 is 19.5 Å². The standard InChI is InChI=1S/C21H25NO4/c1-16-7-9-18(10-8-16)25-13-11-22-21(23)17-4-2-5-19(14-17)26-15-20-6-3-12-24-20/h2,4-5,7-10,14,20H,3,6,11-13,15H2,1H3,(H,22,23). The molecule has 1 N–H and O–H groups in total. The van der Waals surface area contributed by atoms with Crippen molar-refractivity contribution in [1.82, 2.24) is 5.32 Å². The van der Waals surface area contributed by atoms with E-state index in [-0.39, 0.29) is 12.0 Å². The number of rotatable bonds is 8. The minimum atomic E-state index is -0.139. The van der Waals surface area contributed by atoms with Crippen LogP contribution >= 0.6 is 0 Å². The van der Waals surface area contributed by atoms with Gasteiger partial charge in [-0.25, -0.2) is 0 Å². The molecule has 1 heterocycles. The first-order valence-electron chi connectivity index (χ1n) is 9.03. The number of aryl methyl sites for hydroxylation is 1. The molecule has 1 aliphatic rings. The van der Waals surface area contributed by atoms with Gasteiger partial charge in [-0.3, -0.25) is 4.79 Å². The fourth-order valence-corrected chi connectivity index (χ4v) is 2.76. The molecule has 1 amide bonds. The minimum absolute atomic E-state index is 0.139. The fraction of sp³-hybridized carbons (Fsp3) is 0.381. The molecule has 138 valence electrons. The quantitative estimate of drug-likeness (QED) is 0.738. The van der Waals surface area contributed by atoms with Crippen LogP contribution in [0.15, 0.2) is 48.5 Å². The third kappa shape index (κ3) is 5.49. The van der Waals surface area contributed by atoms with Gasteiger partial charge in [0.15, 0.2) is 0 Å². The summed E-state index contributed by atoms with van der Waals surface area (Å²) in [5.74, 6) is 1.35. The lowest BCUT2D eigenvalue weighted by Gasteiger charge is -2.12. The van der Waals surface area contributed by atoms with E-state index in [0.29, 0.717) is 31.1 Å². The lowest BCUT2D eigenvalue weighted by atomic mass is 10.2. The molecule has 1 fully saturated rings. The first-order chi connectivity index (χ1) is 12.7. The highest BCUT2D eigenvalue weighted by Gasteiger charge is 2.16. The first-order valence-corrected chi connectivity index (χ1v) is 9.03. The number of hydrogen-bond donors (Lipinski definition) is 1. The normalized spacial score (nSPS) is 16.3. The Hall–Kier alpha value is -2.53. The summed E-state index contributed by atoms with van der Waals surface area (Å²) < 4.78 is 16.9. The van der Waals surface area contributed by atoms with E-state index in [1.54, 1.807) is 12.1 Å². The maximum absolute atomic E-state index is 12.3. The molecule has 1 saturated heterocycles. The van der Waals surface area contributed by atoms with Crippen molar-refractivity contribution in [3.8, 4) is 11.5 Å². The van der Waals surface area contributed by atoms with Crippen LogP contribution in [0.1, 0.15) is 28.8 Å². The van der Waals surface area contributed by atoms with Gasteiger partial charge in [0, 0.05) is 12.2 Å². The molecular formula is C21H25NO4. The van der Waals surface area contributed by atoms with E-state index in [0.717, 1.165) is 25.2 Å². The van der Waals surface area contributed by atoms with E-state index >= 15 is 0 Å². The molecule has 3 rings (SSSR count). The molecule has 1 aliphatic heterocycles. The largest absolute Gasteiger partial charge is 0.492 e. The van der Waals surface area contributed by atoms with Crippen molar-refractivity contribution in [3.63, 3.8) is 0 Å². The van der Waals surface area contributed by atoms with Crippen molar-refractivity contribution >= 4 is 5.91 Å². The highest BCUT2D eigenvalue weighted by Crippen LogP contribution is 2.17. The van der Waals surface area contributed by atoms with Gasteiger partial charge in [0.2, 0.25) is 0 Å². The van der Waals surface area contributed by atoms with Gasteiger partial charge in [0.25, 0.3) is 5.91 Å². The molecule has 0 aromatic heterocycles. The predicted octanol–water partition coefficient (Wildman–Crippen LogP) is 3.36. The molecule has 5 heteroatoms. The van der Waals surface area contributed by atoms with E-state index in [4.69, 9.17) is 14.2 Å². The summed E-state index contributed by atoms with van der Waals surface area (Å²) >= 11 is 0. The van der Waals surface area contributed by atoms with Crippen molar-refractivity contribution in [2.24, 2.45) is 0 Å². The van der Waals surface area contributed by atoms with Crippen molar-refractivity contribution in [2.45, 2.75) is 25.9 Å². The van der Waals surface area contributed by atoms with E-state index in [1.165, 1.54) is 5.56 Å². The van der Waals surface area contributed by atoms with Crippen LogP contribution in [0.25, 0.3) is 0 Å². The van der Waals surface area contributed by atoms with Crippen LogP contribution in [-0.4, -0.2) is 38.4 Å². The van der Waals surface area contributed by atoms with Gasteiger partial charge >= 0.3 is 0 Å². The van der Waals surface area contributed by atoms with Crippen molar-refractivity contribution in [3.05, 3.63) is 59.7 Å². The fourth-order valence-electron chi connectivity index (χ4n) is 2.76. The summed E-state index contributed by atoms with van der Waals surface area (Å²) in [5, 5.41) is 2.86. The molecule has 0 bridgehead atoms. The molecule has 1 unspecified atom stereocenters. The molecule has 2 aromatic rings. The molecule has 5 nitrogen and oxygen atoms in total. The molecule has 0 aliphatic carbocycles. The topological polar surface area (TPSA) is 56.8 Å². The lowest BCUT2D eigenvalue weighted by molar-refractivity contribution is 0.0679. The highest BCUT2D eigenvalue weighted by molar-refractivity contribution is 5.94. The lowest BCUT2D eigenvalue weighted by Crippen LogP contribution is -2.28. The molecule has 0 radical (unpaired) electrons. The maximum Gasteiger partial charge on any atom is 0.251 e. The summed E-state index contributed by atoms with van der Waals surface area (Å²) in [6.07, 6.45) is 2.27. The number of benzene rings is 2. The van der Waals surface area contributed by atoms with E-state index in [1.807, 2.05) is 43.3 Å². The van der Waals surface area contributed by atoms with Crippen LogP contribution in [0.3, 0.4) is 0 Å². The van der Waals surface area contributed by atoms with Gasteiger partial charge in [-0.15, -0.1) is 0 Å². The Bertz CT molecular complexity index is 708. The van der Waals surface area contributed by atoms with E-state index in [2.05, 4.69) is 5.32 Å². The smallest absolute Gasteiger partial charge is 0.251 e. The van der Waals surface area contributed by atoms with Crippen LogP contribution in [0.5, 0.6) is 11.5 Å². The Morgan fingerprint density at radius 2 is 2.00 bits per heavy atom. The third-order valence-electron chi connectivity index (χ3n) is 4.23. The van der Waals surface area contributed by atoms with Crippen molar-refractivity contribution in [1.29, 1.82) is 0 Å². The number of ether oxygens (including phenoxy) is 3. The van der Waals surface area contributed by atoms with Crippen LogP contribution in [-0.2, 0) is 4.74 Å². The Morgan fingerprint density at radius 3 is 2.77 bits per heavy atom. The summed E-state index contributed by atoms with van der Waals surface area (Å²) in [6, 6.07) is 15.0. The van der Waals surface area contributed by atoms with Crippen LogP contribution < -0.4 is 14.8 Å². The molecular weight excluding hydrogens is 330 g/mol. The van der Waals surface area contributed by atoms with Gasteiger partial charge in [-0.1, -0.05) is 23.8 Å². The Morgan fingerprint density at radius 1 is 1.15 bits per heavy atom. The average Bonchev–Trinajstić information content (AvgIpc) is 3.19. The second-order valence-corrected chi connectivity index (χ2v) is 6.39. The van der Waals surface area contributed by atoms with Crippen LogP contribution in [0, 0.1) is 6.92 Å². The average molecular weight is 355 g/mol. The molecule has 2 aromatic carbocycles. The van der Waals surface area contributed by atoms with Gasteiger partial charge in [-0.05, 0) is 50.1 Å². The Balaban J connectivity index is 1.42. The van der Waals surface area contributed by atoms with Crippen molar-refractivity contribution < 1.29 is 19.0 Å². The predicted molar refractivity (Wildman–Crippen MR) is 99.9 cm³/mol. The monoisotopic (exact) mass is 355 g/mol.